The van der Waals surface area contributed by atoms with Crippen LogP contribution in [0.4, 0.5) is 0 Å². The van der Waals surface area contributed by atoms with Gasteiger partial charge in [-0.05, 0) is 44.3 Å². The number of nitrogens with one attached hydrogen (secondary N) is 1. The molecule has 2 heteroatoms. The zero-order chi connectivity index (χ0) is 10.4. The third kappa shape index (κ3) is 3.97. The maximum Gasteiger partial charge on any atom is 0.00102 e. The van der Waals surface area contributed by atoms with E-state index in [-0.39, 0.29) is 0 Å². The molecular weight excluding hydrogens is 172 g/mol. The van der Waals surface area contributed by atoms with Gasteiger partial charge >= 0.3 is 0 Å². The molecule has 0 aliphatic carbocycles. The normalized spacial score (nSPS) is 28.5. The lowest BCUT2D eigenvalue weighted by Crippen LogP contribution is -2.23. The van der Waals surface area contributed by atoms with Crippen molar-refractivity contribution in [1.29, 1.82) is 0 Å². The Balaban J connectivity index is 1.97. The summed E-state index contributed by atoms with van der Waals surface area (Å²) in [5, 5.41) is 3.37. The van der Waals surface area contributed by atoms with Gasteiger partial charge in [-0.25, -0.2) is 0 Å². The fourth-order valence-corrected chi connectivity index (χ4v) is 2.19. The highest BCUT2D eigenvalue weighted by Gasteiger charge is 2.24. The van der Waals surface area contributed by atoms with E-state index in [0.29, 0.717) is 0 Å². The van der Waals surface area contributed by atoms with Crippen LogP contribution in [0.3, 0.4) is 0 Å². The van der Waals surface area contributed by atoms with E-state index in [9.17, 15) is 0 Å². The standard InChI is InChI=1S/C12H26N2/c1-4-13-7-5-6-8-14-9-11(2)12(3)10-14/h11-13H,4-10H2,1-3H3. The number of rotatable bonds is 6. The zero-order valence-corrected chi connectivity index (χ0v) is 10.1. The Morgan fingerprint density at radius 2 is 1.79 bits per heavy atom. The predicted octanol–water partition coefficient (Wildman–Crippen LogP) is 1.96. The monoisotopic (exact) mass is 198 g/mol. The molecule has 1 fully saturated rings. The van der Waals surface area contributed by atoms with E-state index < -0.39 is 0 Å². The third-order valence-electron chi connectivity index (χ3n) is 3.39. The minimum atomic E-state index is 0.906. The molecule has 2 nitrogen and oxygen atoms in total. The molecule has 0 amide bonds. The fraction of sp³-hybridized carbons (Fsp3) is 1.00. The van der Waals surface area contributed by atoms with Crippen molar-refractivity contribution in [2.75, 3.05) is 32.7 Å². The van der Waals surface area contributed by atoms with Crippen molar-refractivity contribution in [2.24, 2.45) is 11.8 Å². The van der Waals surface area contributed by atoms with Crippen LogP contribution in [0.5, 0.6) is 0 Å². The van der Waals surface area contributed by atoms with Crippen LogP contribution in [0.2, 0.25) is 0 Å². The summed E-state index contributed by atoms with van der Waals surface area (Å²) in [5.74, 6) is 1.81. The van der Waals surface area contributed by atoms with E-state index >= 15 is 0 Å². The number of hydrogen-bond donors (Lipinski definition) is 1. The van der Waals surface area contributed by atoms with Crippen molar-refractivity contribution in [3.63, 3.8) is 0 Å². The van der Waals surface area contributed by atoms with Crippen LogP contribution in [0.1, 0.15) is 33.6 Å². The molecule has 0 bridgehead atoms. The Labute approximate surface area is 89.1 Å². The topological polar surface area (TPSA) is 15.3 Å². The second kappa shape index (κ2) is 6.41. The Bertz CT molecular complexity index is 137. The van der Waals surface area contributed by atoms with Crippen LogP contribution in [0.15, 0.2) is 0 Å². The molecule has 14 heavy (non-hydrogen) atoms. The molecule has 84 valence electrons. The fourth-order valence-electron chi connectivity index (χ4n) is 2.19. The van der Waals surface area contributed by atoms with Crippen LogP contribution in [-0.2, 0) is 0 Å². The summed E-state index contributed by atoms with van der Waals surface area (Å²) < 4.78 is 0. The van der Waals surface area contributed by atoms with Gasteiger partial charge in [0.2, 0.25) is 0 Å². The van der Waals surface area contributed by atoms with E-state index in [1.54, 1.807) is 0 Å². The molecule has 1 aliphatic rings. The van der Waals surface area contributed by atoms with Crippen LogP contribution < -0.4 is 5.32 Å². The van der Waals surface area contributed by atoms with Crippen molar-refractivity contribution in [3.8, 4) is 0 Å². The van der Waals surface area contributed by atoms with Gasteiger partial charge in [-0.15, -0.1) is 0 Å². The molecule has 1 aliphatic heterocycles. The van der Waals surface area contributed by atoms with Crippen molar-refractivity contribution >= 4 is 0 Å². The Morgan fingerprint density at radius 3 is 2.36 bits per heavy atom. The highest BCUT2D eigenvalue weighted by Crippen LogP contribution is 2.21. The predicted molar refractivity (Wildman–Crippen MR) is 62.5 cm³/mol. The third-order valence-corrected chi connectivity index (χ3v) is 3.39. The van der Waals surface area contributed by atoms with Gasteiger partial charge in [0.05, 0.1) is 0 Å². The van der Waals surface area contributed by atoms with E-state index in [4.69, 9.17) is 0 Å². The molecule has 0 spiro atoms. The quantitative estimate of drug-likeness (QED) is 0.656. The molecule has 0 aromatic heterocycles. The lowest BCUT2D eigenvalue weighted by molar-refractivity contribution is 0.315. The molecule has 0 saturated carbocycles. The molecule has 1 rings (SSSR count). The smallest absolute Gasteiger partial charge is 0.00102 e. The molecular formula is C12H26N2. The summed E-state index contributed by atoms with van der Waals surface area (Å²) in [5.41, 5.74) is 0. The highest BCUT2D eigenvalue weighted by atomic mass is 15.1. The van der Waals surface area contributed by atoms with Crippen LogP contribution in [0, 0.1) is 11.8 Å². The highest BCUT2D eigenvalue weighted by molar-refractivity contribution is 4.78. The SMILES string of the molecule is CCNCCCCN1CC(C)C(C)C1. The van der Waals surface area contributed by atoms with Crippen molar-refractivity contribution < 1.29 is 0 Å². The van der Waals surface area contributed by atoms with Gasteiger partial charge in [0.1, 0.15) is 0 Å². The molecule has 0 aromatic rings. The molecule has 1 saturated heterocycles. The average Bonchev–Trinajstić information content (AvgIpc) is 2.46. The van der Waals surface area contributed by atoms with Gasteiger partial charge in [0.25, 0.3) is 0 Å². The van der Waals surface area contributed by atoms with Gasteiger partial charge in [0, 0.05) is 13.1 Å². The van der Waals surface area contributed by atoms with Crippen LogP contribution in [0.25, 0.3) is 0 Å². The first-order valence-corrected chi connectivity index (χ1v) is 6.17. The maximum atomic E-state index is 3.37. The van der Waals surface area contributed by atoms with Gasteiger partial charge in [-0.3, -0.25) is 0 Å². The van der Waals surface area contributed by atoms with Gasteiger partial charge < -0.3 is 10.2 Å². The first-order valence-electron chi connectivity index (χ1n) is 6.17. The van der Waals surface area contributed by atoms with Gasteiger partial charge in [-0.2, -0.15) is 0 Å². The van der Waals surface area contributed by atoms with Crippen LogP contribution in [-0.4, -0.2) is 37.6 Å². The van der Waals surface area contributed by atoms with Gasteiger partial charge in [-0.1, -0.05) is 20.8 Å². The molecule has 2 unspecified atom stereocenters. The largest absolute Gasteiger partial charge is 0.317 e. The Kier molecular flexibility index (Phi) is 5.49. The first-order chi connectivity index (χ1) is 6.74. The minimum absolute atomic E-state index is 0.906. The van der Waals surface area contributed by atoms with Crippen molar-refractivity contribution in [1.82, 2.24) is 10.2 Å². The summed E-state index contributed by atoms with van der Waals surface area (Å²) in [6.45, 7) is 13.2. The summed E-state index contributed by atoms with van der Waals surface area (Å²) in [7, 11) is 0. The molecule has 1 N–H and O–H groups in total. The molecule has 1 heterocycles. The minimum Gasteiger partial charge on any atom is -0.317 e. The summed E-state index contributed by atoms with van der Waals surface area (Å²) in [4.78, 5) is 2.63. The van der Waals surface area contributed by atoms with E-state index in [1.807, 2.05) is 0 Å². The van der Waals surface area contributed by atoms with E-state index in [1.165, 1.54) is 39.0 Å². The van der Waals surface area contributed by atoms with Crippen LogP contribution >= 0.6 is 0 Å². The summed E-state index contributed by atoms with van der Waals surface area (Å²) in [6, 6.07) is 0. The maximum absolute atomic E-state index is 3.37. The lowest BCUT2D eigenvalue weighted by Gasteiger charge is -2.14. The Hall–Kier alpha value is -0.0800. The summed E-state index contributed by atoms with van der Waals surface area (Å²) >= 11 is 0. The average molecular weight is 198 g/mol. The number of hydrogen-bond acceptors (Lipinski definition) is 2. The number of unbranched alkanes of at least 4 members (excludes halogenated alkanes) is 1. The molecule has 2 atom stereocenters. The lowest BCUT2D eigenvalue weighted by atomic mass is 10.0. The molecule has 0 aromatic carbocycles. The number of nitrogens with zero attached hydrogens (tertiary/aromatic N) is 1. The van der Waals surface area contributed by atoms with E-state index in [0.717, 1.165) is 18.4 Å². The summed E-state index contributed by atoms with van der Waals surface area (Å²) in [6.07, 6.45) is 2.68. The van der Waals surface area contributed by atoms with Gasteiger partial charge in [0.15, 0.2) is 0 Å². The second-order valence-corrected chi connectivity index (χ2v) is 4.77. The van der Waals surface area contributed by atoms with E-state index in [2.05, 4.69) is 31.0 Å². The van der Waals surface area contributed by atoms with Crippen molar-refractivity contribution in [3.05, 3.63) is 0 Å². The Morgan fingerprint density at radius 1 is 1.14 bits per heavy atom. The number of likely N-dealkylation sites (tertiary alicyclic amines) is 1. The zero-order valence-electron chi connectivity index (χ0n) is 10.1. The molecule has 0 radical (unpaired) electrons. The van der Waals surface area contributed by atoms with Crippen molar-refractivity contribution in [2.45, 2.75) is 33.6 Å². The second-order valence-electron chi connectivity index (χ2n) is 4.77. The first kappa shape index (κ1) is 12.0.